The molecule has 3 aliphatic rings. The molecule has 8 heteroatoms. The second kappa shape index (κ2) is 10.4. The average molecular weight is 527 g/mol. The van der Waals surface area contributed by atoms with Crippen LogP contribution in [0.1, 0.15) is 57.4 Å². The van der Waals surface area contributed by atoms with Crippen LogP contribution in [0, 0.1) is 0 Å². The van der Waals surface area contributed by atoms with Crippen molar-refractivity contribution < 1.29 is 18.8 Å². The van der Waals surface area contributed by atoms with Gasteiger partial charge in [0.25, 0.3) is 0 Å². The van der Waals surface area contributed by atoms with E-state index in [1.165, 1.54) is 12.8 Å². The molecule has 0 spiro atoms. The SMILES string of the molecule is O=C(Nc1ccc(-c2c(-c3ccno3)c3ccc(OC4CCOCC4)cc3n2C2CCC2)cc1)NC1CCC1. The van der Waals surface area contributed by atoms with E-state index in [-0.39, 0.29) is 12.1 Å². The first-order chi connectivity index (χ1) is 19.2. The lowest BCUT2D eigenvalue weighted by Gasteiger charge is -2.30. The second-order valence-corrected chi connectivity index (χ2v) is 11.0. The lowest BCUT2D eigenvalue weighted by Crippen LogP contribution is -2.41. The van der Waals surface area contributed by atoms with Crippen molar-refractivity contribution >= 4 is 22.6 Å². The number of carbonyl (C=O) groups is 1. The van der Waals surface area contributed by atoms with Crippen molar-refractivity contribution in [3.63, 3.8) is 0 Å². The lowest BCUT2D eigenvalue weighted by molar-refractivity contribution is 0.0256. The predicted molar refractivity (Wildman–Crippen MR) is 150 cm³/mol. The van der Waals surface area contributed by atoms with Crippen LogP contribution in [0.15, 0.2) is 59.3 Å². The Bertz CT molecular complexity index is 1450. The van der Waals surface area contributed by atoms with Crippen LogP contribution >= 0.6 is 0 Å². The number of carbonyl (C=O) groups excluding carboxylic acids is 1. The molecule has 3 fully saturated rings. The zero-order valence-corrected chi connectivity index (χ0v) is 22.0. The van der Waals surface area contributed by atoms with Crippen LogP contribution in [0.2, 0.25) is 0 Å². The van der Waals surface area contributed by atoms with Gasteiger partial charge in [-0.2, -0.15) is 0 Å². The summed E-state index contributed by atoms with van der Waals surface area (Å²) < 4.78 is 20.1. The van der Waals surface area contributed by atoms with Gasteiger partial charge in [0.2, 0.25) is 0 Å². The molecule has 1 aliphatic heterocycles. The van der Waals surface area contributed by atoms with Crippen molar-refractivity contribution in [2.45, 2.75) is 69.6 Å². The summed E-state index contributed by atoms with van der Waals surface area (Å²) >= 11 is 0. The summed E-state index contributed by atoms with van der Waals surface area (Å²) in [6.45, 7) is 1.50. The molecule has 0 bridgehead atoms. The molecule has 7 rings (SSSR count). The molecule has 0 atom stereocenters. The summed E-state index contributed by atoms with van der Waals surface area (Å²) in [5.41, 5.74) is 5.14. The van der Waals surface area contributed by atoms with Gasteiger partial charge in [0.05, 0.1) is 36.2 Å². The minimum Gasteiger partial charge on any atom is -0.490 e. The maximum Gasteiger partial charge on any atom is 0.319 e. The molecule has 2 aromatic heterocycles. The van der Waals surface area contributed by atoms with E-state index in [1.54, 1.807) is 6.20 Å². The monoisotopic (exact) mass is 526 g/mol. The van der Waals surface area contributed by atoms with Crippen molar-refractivity contribution in [2.24, 2.45) is 0 Å². The molecule has 8 nitrogen and oxygen atoms in total. The third-order valence-corrected chi connectivity index (χ3v) is 8.43. The van der Waals surface area contributed by atoms with Crippen molar-refractivity contribution in [2.75, 3.05) is 18.5 Å². The Balaban J connectivity index is 1.28. The van der Waals surface area contributed by atoms with Gasteiger partial charge in [0, 0.05) is 48.1 Å². The van der Waals surface area contributed by atoms with E-state index in [0.717, 1.165) is 96.7 Å². The highest BCUT2D eigenvalue weighted by Gasteiger charge is 2.30. The molecule has 0 radical (unpaired) electrons. The summed E-state index contributed by atoms with van der Waals surface area (Å²) in [6, 6.07) is 17.0. The van der Waals surface area contributed by atoms with Gasteiger partial charge in [0.15, 0.2) is 5.76 Å². The fourth-order valence-electron chi connectivity index (χ4n) is 5.87. The number of hydrogen-bond donors (Lipinski definition) is 2. The molecule has 39 heavy (non-hydrogen) atoms. The zero-order valence-electron chi connectivity index (χ0n) is 22.0. The topological polar surface area (TPSA) is 90.6 Å². The largest absolute Gasteiger partial charge is 0.490 e. The molecule has 2 aliphatic carbocycles. The van der Waals surface area contributed by atoms with E-state index in [1.807, 2.05) is 18.2 Å². The summed E-state index contributed by atoms with van der Waals surface area (Å²) in [7, 11) is 0. The number of fused-ring (bicyclic) bond motifs is 1. The van der Waals surface area contributed by atoms with Crippen molar-refractivity contribution in [3.8, 4) is 28.3 Å². The van der Waals surface area contributed by atoms with Crippen LogP contribution in [-0.2, 0) is 4.74 Å². The maximum absolute atomic E-state index is 12.4. The first-order valence-corrected chi connectivity index (χ1v) is 14.2. The lowest BCUT2D eigenvalue weighted by atomic mass is 9.92. The molecular weight excluding hydrogens is 492 g/mol. The van der Waals surface area contributed by atoms with Gasteiger partial charge in [-0.3, -0.25) is 0 Å². The van der Waals surface area contributed by atoms with Crippen molar-refractivity contribution in [1.82, 2.24) is 15.0 Å². The highest BCUT2D eigenvalue weighted by molar-refractivity contribution is 6.04. The second-order valence-electron chi connectivity index (χ2n) is 11.0. The fourth-order valence-corrected chi connectivity index (χ4v) is 5.87. The molecule has 2 N–H and O–H groups in total. The van der Waals surface area contributed by atoms with Gasteiger partial charge in [-0.1, -0.05) is 17.3 Å². The van der Waals surface area contributed by atoms with Gasteiger partial charge in [0.1, 0.15) is 11.9 Å². The number of ether oxygens (including phenoxy) is 2. The molecular formula is C31H34N4O4. The van der Waals surface area contributed by atoms with Crippen molar-refractivity contribution in [3.05, 3.63) is 54.7 Å². The first-order valence-electron chi connectivity index (χ1n) is 14.2. The van der Waals surface area contributed by atoms with Crippen LogP contribution in [0.3, 0.4) is 0 Å². The van der Waals surface area contributed by atoms with Crippen molar-refractivity contribution in [1.29, 1.82) is 0 Å². The number of nitrogens with one attached hydrogen (secondary N) is 2. The summed E-state index contributed by atoms with van der Waals surface area (Å²) in [5, 5.41) is 11.2. The minimum atomic E-state index is -0.143. The Morgan fingerprint density at radius 3 is 2.41 bits per heavy atom. The molecule has 0 unspecified atom stereocenters. The number of benzene rings is 2. The predicted octanol–water partition coefficient (Wildman–Crippen LogP) is 6.92. The summed E-state index contributed by atoms with van der Waals surface area (Å²) in [6.07, 6.45) is 10.5. The Morgan fingerprint density at radius 2 is 1.74 bits per heavy atom. The van der Waals surface area contributed by atoms with E-state index in [9.17, 15) is 4.79 Å². The molecule has 2 aromatic carbocycles. The first kappa shape index (κ1) is 24.3. The third kappa shape index (κ3) is 4.78. The van der Waals surface area contributed by atoms with E-state index < -0.39 is 0 Å². The van der Waals surface area contributed by atoms with E-state index in [0.29, 0.717) is 12.1 Å². The number of urea groups is 1. The molecule has 2 saturated carbocycles. The number of aromatic nitrogens is 2. The van der Waals surface area contributed by atoms with Gasteiger partial charge in [-0.05, 0) is 68.4 Å². The number of anilines is 1. The Hall–Kier alpha value is -3.78. The number of hydrogen-bond acceptors (Lipinski definition) is 5. The quantitative estimate of drug-likeness (QED) is 0.273. The standard InChI is InChI=1S/C31H34N4O4/c36-31(33-21-3-1-4-21)34-22-9-7-20(8-10-22)30-29(28-13-16-32-39-28)26-12-11-25(38-24-14-17-37-18-15-24)19-27(26)35(30)23-5-2-6-23/h7-13,16,19,21,23-24H,1-6,14-15,17-18H2,(H2,33,34,36). The van der Waals surface area contributed by atoms with Crippen LogP contribution in [-0.4, -0.2) is 41.1 Å². The number of amides is 2. The van der Waals surface area contributed by atoms with E-state index in [4.69, 9.17) is 14.0 Å². The van der Waals surface area contributed by atoms with Gasteiger partial charge in [-0.15, -0.1) is 0 Å². The average Bonchev–Trinajstić information content (AvgIpc) is 3.53. The minimum absolute atomic E-state index is 0.143. The molecule has 3 heterocycles. The van der Waals surface area contributed by atoms with Crippen LogP contribution in [0.4, 0.5) is 10.5 Å². The van der Waals surface area contributed by atoms with Gasteiger partial charge in [-0.25, -0.2) is 4.79 Å². The normalized spacial score (nSPS) is 18.5. The maximum atomic E-state index is 12.4. The fraction of sp³-hybridized carbons (Fsp3) is 0.419. The number of nitrogens with zero attached hydrogens (tertiary/aromatic N) is 2. The Labute approximate surface area is 227 Å². The van der Waals surface area contributed by atoms with Gasteiger partial charge >= 0.3 is 6.03 Å². The highest BCUT2D eigenvalue weighted by Crippen LogP contribution is 2.47. The Morgan fingerprint density at radius 1 is 0.949 bits per heavy atom. The number of rotatable bonds is 7. The van der Waals surface area contributed by atoms with Crippen LogP contribution < -0.4 is 15.4 Å². The van der Waals surface area contributed by atoms with Crippen LogP contribution in [0.5, 0.6) is 5.75 Å². The highest BCUT2D eigenvalue weighted by atomic mass is 16.5. The summed E-state index contributed by atoms with van der Waals surface area (Å²) in [5.74, 6) is 1.63. The molecule has 202 valence electrons. The van der Waals surface area contributed by atoms with Gasteiger partial charge < -0.3 is 29.2 Å². The molecule has 2 amide bonds. The van der Waals surface area contributed by atoms with E-state index in [2.05, 4.69) is 50.7 Å². The third-order valence-electron chi connectivity index (χ3n) is 8.43. The zero-order chi connectivity index (χ0) is 26.2. The smallest absolute Gasteiger partial charge is 0.319 e. The summed E-state index contributed by atoms with van der Waals surface area (Å²) in [4.78, 5) is 12.4. The van der Waals surface area contributed by atoms with E-state index >= 15 is 0 Å². The van der Waals surface area contributed by atoms with Crippen LogP contribution in [0.25, 0.3) is 33.5 Å². The molecule has 4 aromatic rings. The molecule has 1 saturated heterocycles. The Kier molecular flexibility index (Phi) is 6.48.